The molecule has 0 radical (unpaired) electrons. The monoisotopic (exact) mass is 804 g/mol. The van der Waals surface area contributed by atoms with Crippen molar-refractivity contribution in [2.45, 2.75) is 246 Å². The summed E-state index contributed by atoms with van der Waals surface area (Å²) in [5.74, 6) is 0. The molecule has 0 spiro atoms. The summed E-state index contributed by atoms with van der Waals surface area (Å²) in [6.07, 6.45) is 48.6. The first-order chi connectivity index (χ1) is 28.2. The van der Waals surface area contributed by atoms with Crippen LogP contribution in [0.3, 0.4) is 0 Å². The number of piperazine rings is 1. The van der Waals surface area contributed by atoms with Crippen LogP contribution in [-0.4, -0.2) is 111 Å². The smallest absolute Gasteiger partial charge is 0.0110 e. The quantitative estimate of drug-likeness (QED) is 0.0618. The van der Waals surface area contributed by atoms with Crippen LogP contribution in [0.5, 0.6) is 0 Å². The van der Waals surface area contributed by atoms with Crippen molar-refractivity contribution >= 4 is 0 Å². The Morgan fingerprint density at radius 2 is 0.544 bits per heavy atom. The lowest BCUT2D eigenvalue weighted by Gasteiger charge is -2.36. The maximum atomic E-state index is 3.85. The van der Waals surface area contributed by atoms with Crippen molar-refractivity contribution < 1.29 is 0 Å². The molecule has 1 saturated heterocycles. The van der Waals surface area contributed by atoms with Crippen LogP contribution < -0.4 is 5.32 Å². The zero-order valence-electron chi connectivity index (χ0n) is 40.2. The number of nitrogens with one attached hydrogen (secondary N) is 1. The minimum absolute atomic E-state index is 1.15. The van der Waals surface area contributed by atoms with Crippen molar-refractivity contribution in [3.05, 3.63) is 0 Å². The van der Waals surface area contributed by atoms with Crippen LogP contribution >= 0.6 is 0 Å². The molecule has 0 aromatic carbocycles. The zero-order chi connectivity index (χ0) is 41.0. The molecule has 5 nitrogen and oxygen atoms in total. The van der Waals surface area contributed by atoms with Crippen molar-refractivity contribution in [3.8, 4) is 0 Å². The summed E-state index contributed by atoms with van der Waals surface area (Å²) in [7, 11) is 0. The molecule has 0 amide bonds. The first-order valence-electron chi connectivity index (χ1n) is 26.8. The largest absolute Gasteiger partial charge is 0.314 e. The third-order valence-electron chi connectivity index (χ3n) is 13.2. The fourth-order valence-corrected chi connectivity index (χ4v) is 9.02. The maximum absolute atomic E-state index is 3.85. The highest BCUT2D eigenvalue weighted by Gasteiger charge is 2.17. The number of hydrogen-bond acceptors (Lipinski definition) is 5. The molecule has 0 unspecified atom stereocenters. The molecule has 1 aliphatic rings. The molecule has 5 heteroatoms. The Labute approximate surface area is 361 Å². The lowest BCUT2D eigenvalue weighted by Crippen LogP contribution is -2.50. The molecule has 0 saturated carbocycles. The Bertz CT molecular complexity index is 698. The van der Waals surface area contributed by atoms with Gasteiger partial charge in [0.1, 0.15) is 0 Å². The van der Waals surface area contributed by atoms with E-state index in [0.717, 1.165) is 13.1 Å². The predicted octanol–water partition coefficient (Wildman–Crippen LogP) is 14.1. The van der Waals surface area contributed by atoms with Gasteiger partial charge in [0.05, 0.1) is 0 Å². The Kier molecular flexibility index (Phi) is 43.6. The van der Waals surface area contributed by atoms with Crippen LogP contribution in [0.4, 0.5) is 0 Å². The van der Waals surface area contributed by atoms with Crippen LogP contribution in [0.1, 0.15) is 246 Å². The molecule has 0 aromatic heterocycles. The van der Waals surface area contributed by atoms with E-state index in [1.54, 1.807) is 0 Å². The number of nitrogens with zero attached hydrogens (tertiary/aromatic N) is 4. The molecular formula is C52H109N5. The van der Waals surface area contributed by atoms with Crippen LogP contribution in [0.25, 0.3) is 0 Å². The number of rotatable bonds is 47. The first-order valence-corrected chi connectivity index (χ1v) is 26.8. The van der Waals surface area contributed by atoms with E-state index in [0.29, 0.717) is 0 Å². The van der Waals surface area contributed by atoms with Gasteiger partial charge in [-0.1, -0.05) is 220 Å². The number of hydrogen-bond donors (Lipinski definition) is 1. The summed E-state index contributed by atoms with van der Waals surface area (Å²) in [6.45, 7) is 26.9. The van der Waals surface area contributed by atoms with Gasteiger partial charge in [0.25, 0.3) is 0 Å². The summed E-state index contributed by atoms with van der Waals surface area (Å²) < 4.78 is 0. The maximum Gasteiger partial charge on any atom is 0.0110 e. The molecule has 0 aromatic rings. The van der Waals surface area contributed by atoms with Gasteiger partial charge in [-0.15, -0.1) is 0 Å². The zero-order valence-corrected chi connectivity index (χ0v) is 40.2. The SMILES string of the molecule is CCCCCCCCCCCCN(CCCCCCCCCCCC)CCN1CCN(CCNCCN(CCCCCCCCC)CCCCCCCCC)CC1. The van der Waals surface area contributed by atoms with E-state index in [-0.39, 0.29) is 0 Å². The summed E-state index contributed by atoms with van der Waals surface area (Å²) in [5.41, 5.74) is 0. The second-order valence-electron chi connectivity index (χ2n) is 18.7. The van der Waals surface area contributed by atoms with Crippen LogP contribution in [0, 0.1) is 0 Å². The van der Waals surface area contributed by atoms with E-state index < -0.39 is 0 Å². The molecule has 0 aliphatic carbocycles. The van der Waals surface area contributed by atoms with Crippen molar-refractivity contribution in [2.75, 3.05) is 91.6 Å². The lowest BCUT2D eigenvalue weighted by atomic mass is 10.1. The summed E-state index contributed by atoms with van der Waals surface area (Å²) in [4.78, 5) is 11.2. The Hall–Kier alpha value is -0.200. The van der Waals surface area contributed by atoms with E-state index >= 15 is 0 Å². The summed E-state index contributed by atoms with van der Waals surface area (Å²) >= 11 is 0. The average molecular weight is 804 g/mol. The van der Waals surface area contributed by atoms with Gasteiger partial charge in [0.2, 0.25) is 0 Å². The first kappa shape index (κ1) is 54.8. The lowest BCUT2D eigenvalue weighted by molar-refractivity contribution is 0.117. The molecule has 57 heavy (non-hydrogen) atoms. The third-order valence-corrected chi connectivity index (χ3v) is 13.2. The van der Waals surface area contributed by atoms with Crippen molar-refractivity contribution in [3.63, 3.8) is 0 Å². The fourth-order valence-electron chi connectivity index (χ4n) is 9.02. The van der Waals surface area contributed by atoms with Gasteiger partial charge in [-0.3, -0.25) is 9.80 Å². The third kappa shape index (κ3) is 38.5. The van der Waals surface area contributed by atoms with E-state index in [2.05, 4.69) is 52.6 Å². The highest BCUT2D eigenvalue weighted by Crippen LogP contribution is 2.14. The van der Waals surface area contributed by atoms with Gasteiger partial charge >= 0.3 is 0 Å². The summed E-state index contributed by atoms with van der Waals surface area (Å²) in [6, 6.07) is 0. The average Bonchev–Trinajstić information content (AvgIpc) is 3.23. The Balaban J connectivity index is 2.31. The molecular weight excluding hydrogens is 695 g/mol. The van der Waals surface area contributed by atoms with Crippen molar-refractivity contribution in [1.82, 2.24) is 24.9 Å². The molecule has 342 valence electrons. The topological polar surface area (TPSA) is 25.0 Å². The molecule has 1 aliphatic heterocycles. The second-order valence-corrected chi connectivity index (χ2v) is 18.7. The van der Waals surface area contributed by atoms with Crippen molar-refractivity contribution in [2.24, 2.45) is 0 Å². The molecule has 0 atom stereocenters. The van der Waals surface area contributed by atoms with Crippen molar-refractivity contribution in [1.29, 1.82) is 0 Å². The minimum Gasteiger partial charge on any atom is -0.314 e. The minimum atomic E-state index is 1.15. The summed E-state index contributed by atoms with van der Waals surface area (Å²) in [5, 5.41) is 3.85. The van der Waals surface area contributed by atoms with E-state index in [4.69, 9.17) is 0 Å². The van der Waals surface area contributed by atoms with Crippen LogP contribution in [0.2, 0.25) is 0 Å². The number of unbranched alkanes of at least 4 members (excludes halogenated alkanes) is 30. The van der Waals surface area contributed by atoms with E-state index in [1.807, 2.05) is 0 Å². The van der Waals surface area contributed by atoms with E-state index in [1.165, 1.54) is 297 Å². The Morgan fingerprint density at radius 3 is 0.860 bits per heavy atom. The fraction of sp³-hybridized carbons (Fsp3) is 1.00. The van der Waals surface area contributed by atoms with Gasteiger partial charge in [0.15, 0.2) is 0 Å². The standard InChI is InChI=1S/C52H109N5/c1-5-9-13-17-21-23-25-29-33-37-43-55(44-38-34-30-26-24-22-18-14-10-6-2)47-50-57-51-48-56(49-52-57)46-40-53-39-45-54(41-35-31-27-19-15-11-7-3)42-36-32-28-20-16-12-8-4/h53H,5-52H2,1-4H3. The second kappa shape index (κ2) is 45.3. The highest BCUT2D eigenvalue weighted by molar-refractivity contribution is 4.74. The molecule has 1 fully saturated rings. The molecule has 1 heterocycles. The predicted molar refractivity (Wildman–Crippen MR) is 258 cm³/mol. The highest BCUT2D eigenvalue weighted by atomic mass is 15.3. The van der Waals surface area contributed by atoms with E-state index in [9.17, 15) is 0 Å². The van der Waals surface area contributed by atoms with Gasteiger partial charge < -0.3 is 15.1 Å². The normalized spacial score (nSPS) is 14.2. The molecule has 1 N–H and O–H groups in total. The molecule has 1 rings (SSSR count). The van der Waals surface area contributed by atoms with Gasteiger partial charge in [-0.05, 0) is 51.9 Å². The van der Waals surface area contributed by atoms with Gasteiger partial charge in [-0.2, -0.15) is 0 Å². The van der Waals surface area contributed by atoms with Crippen LogP contribution in [0.15, 0.2) is 0 Å². The molecule has 0 bridgehead atoms. The Morgan fingerprint density at radius 1 is 0.281 bits per heavy atom. The van der Waals surface area contributed by atoms with Gasteiger partial charge in [-0.25, -0.2) is 0 Å². The van der Waals surface area contributed by atoms with Crippen LogP contribution in [-0.2, 0) is 0 Å². The van der Waals surface area contributed by atoms with Gasteiger partial charge in [0, 0.05) is 65.4 Å².